The fraction of sp³-hybridized carbons (Fsp3) is 0.636. The Morgan fingerprint density at radius 2 is 2.44 bits per heavy atom. The molecule has 1 saturated heterocycles. The highest BCUT2D eigenvalue weighted by Crippen LogP contribution is 2.24. The predicted molar refractivity (Wildman–Crippen MR) is 63.9 cm³/mol. The molecule has 2 heterocycles. The van der Waals surface area contributed by atoms with Crippen molar-refractivity contribution in [2.24, 2.45) is 0 Å². The summed E-state index contributed by atoms with van der Waals surface area (Å²) in [4.78, 5) is 10.4. The van der Waals surface area contributed by atoms with Crippen molar-refractivity contribution in [1.82, 2.24) is 9.97 Å². The highest BCUT2D eigenvalue weighted by molar-refractivity contribution is 6.18. The first-order chi connectivity index (χ1) is 7.61. The van der Waals surface area contributed by atoms with Crippen LogP contribution in [0.2, 0.25) is 0 Å². The van der Waals surface area contributed by atoms with Crippen LogP contribution >= 0.6 is 11.6 Å². The number of morpholine rings is 1. The zero-order chi connectivity index (χ0) is 11.6. The van der Waals surface area contributed by atoms with Crippen molar-refractivity contribution < 1.29 is 4.74 Å². The Morgan fingerprint density at radius 3 is 3.06 bits per heavy atom. The number of alkyl halides is 1. The lowest BCUT2D eigenvalue weighted by atomic mass is 10.1. The maximum Gasteiger partial charge on any atom is 0.132 e. The zero-order valence-electron chi connectivity index (χ0n) is 9.56. The standard InChI is InChI=1S/C11H16ClN3O/c1-11(2)7-15(6-9(5-12)16-11)10-3-4-13-8-14-10/h3-4,8-9H,5-7H2,1-2H3. The van der Waals surface area contributed by atoms with E-state index in [1.54, 1.807) is 12.5 Å². The van der Waals surface area contributed by atoms with E-state index >= 15 is 0 Å². The molecule has 0 radical (unpaired) electrons. The Kier molecular flexibility index (Phi) is 3.30. The van der Waals surface area contributed by atoms with Crippen molar-refractivity contribution in [3.63, 3.8) is 0 Å². The topological polar surface area (TPSA) is 38.2 Å². The van der Waals surface area contributed by atoms with Gasteiger partial charge in [-0.2, -0.15) is 0 Å². The van der Waals surface area contributed by atoms with Crippen LogP contribution in [0, 0.1) is 0 Å². The molecule has 1 aliphatic rings. The van der Waals surface area contributed by atoms with E-state index in [0.717, 1.165) is 18.9 Å². The van der Waals surface area contributed by atoms with Crippen LogP contribution in [0.25, 0.3) is 0 Å². The first kappa shape index (κ1) is 11.6. The molecule has 4 nitrogen and oxygen atoms in total. The number of halogens is 1. The molecule has 0 saturated carbocycles. The summed E-state index contributed by atoms with van der Waals surface area (Å²) < 4.78 is 5.86. The molecule has 16 heavy (non-hydrogen) atoms. The van der Waals surface area contributed by atoms with Gasteiger partial charge < -0.3 is 9.64 Å². The minimum Gasteiger partial charge on any atom is -0.367 e. The summed E-state index contributed by atoms with van der Waals surface area (Å²) in [6.07, 6.45) is 3.37. The molecule has 1 unspecified atom stereocenters. The Labute approximate surface area is 101 Å². The second kappa shape index (κ2) is 4.55. The number of nitrogens with zero attached hydrogens (tertiary/aromatic N) is 3. The fourth-order valence-corrected chi connectivity index (χ4v) is 2.18. The van der Waals surface area contributed by atoms with Gasteiger partial charge in [0.05, 0.1) is 17.6 Å². The molecule has 0 N–H and O–H groups in total. The molecule has 0 amide bonds. The summed E-state index contributed by atoms with van der Waals surface area (Å²) in [5.74, 6) is 1.44. The van der Waals surface area contributed by atoms with Crippen molar-refractivity contribution in [3.05, 3.63) is 18.6 Å². The minimum absolute atomic E-state index is 0.0559. The average Bonchev–Trinajstić information content (AvgIpc) is 2.28. The van der Waals surface area contributed by atoms with E-state index in [4.69, 9.17) is 16.3 Å². The predicted octanol–water partition coefficient (Wildman–Crippen LogP) is 1.70. The van der Waals surface area contributed by atoms with Gasteiger partial charge in [0, 0.05) is 19.3 Å². The summed E-state index contributed by atoms with van der Waals surface area (Å²) in [6.45, 7) is 5.74. The quantitative estimate of drug-likeness (QED) is 0.739. The Hall–Kier alpha value is -0.870. The molecule has 0 aliphatic carbocycles. The van der Waals surface area contributed by atoms with E-state index < -0.39 is 0 Å². The van der Waals surface area contributed by atoms with Gasteiger partial charge in [-0.1, -0.05) is 0 Å². The SMILES string of the molecule is CC1(C)CN(c2ccncn2)CC(CCl)O1. The summed E-state index contributed by atoms with van der Waals surface area (Å²) in [7, 11) is 0. The lowest BCUT2D eigenvalue weighted by molar-refractivity contribution is -0.0736. The second-order valence-electron chi connectivity index (χ2n) is 4.60. The molecule has 0 aromatic carbocycles. The summed E-state index contributed by atoms with van der Waals surface area (Å²) >= 11 is 5.88. The minimum atomic E-state index is -0.192. The number of anilines is 1. The van der Waals surface area contributed by atoms with Gasteiger partial charge in [-0.25, -0.2) is 9.97 Å². The number of aromatic nitrogens is 2. The van der Waals surface area contributed by atoms with Gasteiger partial charge in [-0.05, 0) is 19.9 Å². The average molecular weight is 242 g/mol. The van der Waals surface area contributed by atoms with E-state index in [0.29, 0.717) is 5.88 Å². The summed E-state index contributed by atoms with van der Waals surface area (Å²) in [6, 6.07) is 1.91. The molecule has 1 aromatic heterocycles. The molecule has 1 aromatic rings. The van der Waals surface area contributed by atoms with E-state index in [1.165, 1.54) is 0 Å². The largest absolute Gasteiger partial charge is 0.367 e. The fourth-order valence-electron chi connectivity index (χ4n) is 2.02. The van der Waals surface area contributed by atoms with E-state index in [1.807, 2.05) is 6.07 Å². The highest BCUT2D eigenvalue weighted by atomic mass is 35.5. The van der Waals surface area contributed by atoms with E-state index in [2.05, 4.69) is 28.7 Å². The molecule has 2 rings (SSSR count). The van der Waals surface area contributed by atoms with Crippen molar-refractivity contribution in [2.75, 3.05) is 23.9 Å². The van der Waals surface area contributed by atoms with Crippen LogP contribution in [-0.2, 0) is 4.74 Å². The number of rotatable bonds is 2. The first-order valence-electron chi connectivity index (χ1n) is 5.35. The number of hydrogen-bond donors (Lipinski definition) is 0. The molecule has 1 aliphatic heterocycles. The van der Waals surface area contributed by atoms with Crippen LogP contribution in [0.3, 0.4) is 0 Å². The Bertz CT molecular complexity index is 344. The second-order valence-corrected chi connectivity index (χ2v) is 4.91. The third-order valence-electron chi connectivity index (χ3n) is 2.54. The molecular weight excluding hydrogens is 226 g/mol. The molecule has 0 spiro atoms. The highest BCUT2D eigenvalue weighted by Gasteiger charge is 2.33. The number of ether oxygens (including phenoxy) is 1. The van der Waals surface area contributed by atoms with Crippen LogP contribution in [0.4, 0.5) is 5.82 Å². The van der Waals surface area contributed by atoms with Crippen LogP contribution in [0.15, 0.2) is 18.6 Å². The van der Waals surface area contributed by atoms with Crippen molar-refractivity contribution in [1.29, 1.82) is 0 Å². The van der Waals surface area contributed by atoms with Crippen LogP contribution in [0.5, 0.6) is 0 Å². The Balaban J connectivity index is 2.16. The first-order valence-corrected chi connectivity index (χ1v) is 5.89. The van der Waals surface area contributed by atoms with Gasteiger partial charge in [0.25, 0.3) is 0 Å². The van der Waals surface area contributed by atoms with Gasteiger partial charge in [0.1, 0.15) is 12.1 Å². The van der Waals surface area contributed by atoms with Crippen molar-refractivity contribution >= 4 is 17.4 Å². The molecular formula is C11H16ClN3O. The van der Waals surface area contributed by atoms with Gasteiger partial charge in [0.15, 0.2) is 0 Å². The van der Waals surface area contributed by atoms with Crippen molar-refractivity contribution in [2.45, 2.75) is 25.6 Å². The summed E-state index contributed by atoms with van der Waals surface area (Å²) in [5, 5.41) is 0. The monoisotopic (exact) mass is 241 g/mol. The summed E-state index contributed by atoms with van der Waals surface area (Å²) in [5.41, 5.74) is -0.192. The van der Waals surface area contributed by atoms with Gasteiger partial charge in [-0.15, -0.1) is 11.6 Å². The third kappa shape index (κ3) is 2.62. The molecule has 1 fully saturated rings. The maximum atomic E-state index is 5.88. The van der Waals surface area contributed by atoms with Gasteiger partial charge >= 0.3 is 0 Å². The molecule has 88 valence electrons. The Morgan fingerprint density at radius 1 is 1.62 bits per heavy atom. The van der Waals surface area contributed by atoms with Gasteiger partial charge in [0.2, 0.25) is 0 Å². The van der Waals surface area contributed by atoms with Crippen LogP contribution in [0.1, 0.15) is 13.8 Å². The molecule has 1 atom stereocenters. The maximum absolute atomic E-state index is 5.88. The van der Waals surface area contributed by atoms with E-state index in [9.17, 15) is 0 Å². The van der Waals surface area contributed by atoms with Crippen molar-refractivity contribution in [3.8, 4) is 0 Å². The molecule has 5 heteroatoms. The third-order valence-corrected chi connectivity index (χ3v) is 2.89. The van der Waals surface area contributed by atoms with Crippen LogP contribution in [-0.4, -0.2) is 40.6 Å². The lowest BCUT2D eigenvalue weighted by Gasteiger charge is -2.42. The normalized spacial score (nSPS) is 24.4. The smallest absolute Gasteiger partial charge is 0.132 e. The van der Waals surface area contributed by atoms with Gasteiger partial charge in [-0.3, -0.25) is 0 Å². The molecule has 0 bridgehead atoms. The lowest BCUT2D eigenvalue weighted by Crippen LogP contribution is -2.53. The van der Waals surface area contributed by atoms with E-state index in [-0.39, 0.29) is 11.7 Å². The van der Waals surface area contributed by atoms with Crippen LogP contribution < -0.4 is 4.90 Å². The number of hydrogen-bond acceptors (Lipinski definition) is 4. The zero-order valence-corrected chi connectivity index (χ0v) is 10.3.